The van der Waals surface area contributed by atoms with Crippen molar-refractivity contribution < 1.29 is 0 Å². The van der Waals surface area contributed by atoms with Gasteiger partial charge in [0.05, 0.1) is 6.54 Å². The van der Waals surface area contributed by atoms with Crippen LogP contribution in [-0.2, 0) is 0 Å². The minimum atomic E-state index is 0.158. The van der Waals surface area contributed by atoms with E-state index in [1.807, 2.05) is 11.8 Å². The van der Waals surface area contributed by atoms with E-state index in [-0.39, 0.29) is 5.54 Å². The van der Waals surface area contributed by atoms with Gasteiger partial charge in [0.2, 0.25) is 0 Å². The van der Waals surface area contributed by atoms with Gasteiger partial charge in [-0.05, 0) is 39.8 Å². The summed E-state index contributed by atoms with van der Waals surface area (Å²) in [5.41, 5.74) is 0.552. The SMILES string of the molecule is CN(C)C(C)(C)CNC1=NCC(CC(C)(C)C)S1. The number of amidine groups is 1. The summed E-state index contributed by atoms with van der Waals surface area (Å²) in [5.74, 6) is 0. The van der Waals surface area contributed by atoms with Crippen LogP contribution in [0.2, 0.25) is 0 Å². The molecule has 0 fully saturated rings. The highest BCUT2D eigenvalue weighted by Gasteiger charge is 2.26. The van der Waals surface area contributed by atoms with Crippen LogP contribution >= 0.6 is 11.8 Å². The molecule has 0 aromatic heterocycles. The first kappa shape index (κ1) is 15.8. The predicted octanol–water partition coefficient (Wildman–Crippen LogP) is 2.82. The van der Waals surface area contributed by atoms with E-state index in [9.17, 15) is 0 Å². The van der Waals surface area contributed by atoms with Gasteiger partial charge in [0, 0.05) is 17.3 Å². The van der Waals surface area contributed by atoms with Gasteiger partial charge in [-0.1, -0.05) is 32.5 Å². The predicted molar refractivity (Wildman–Crippen MR) is 83.5 cm³/mol. The molecular formula is C14H29N3S. The van der Waals surface area contributed by atoms with Gasteiger partial charge in [0.1, 0.15) is 0 Å². The first-order valence-corrected chi connectivity index (χ1v) is 7.60. The monoisotopic (exact) mass is 271 g/mol. The maximum Gasteiger partial charge on any atom is 0.156 e. The summed E-state index contributed by atoms with van der Waals surface area (Å²) in [6.07, 6.45) is 1.23. The number of likely N-dealkylation sites (N-methyl/N-ethyl adjacent to an activating group) is 1. The lowest BCUT2D eigenvalue weighted by Crippen LogP contribution is -2.47. The number of nitrogens with zero attached hydrogens (tertiary/aromatic N) is 2. The lowest BCUT2D eigenvalue weighted by atomic mass is 9.90. The number of aliphatic imine (C=N–C) groups is 1. The molecule has 1 heterocycles. The van der Waals surface area contributed by atoms with Gasteiger partial charge < -0.3 is 10.2 Å². The standard InChI is InChI=1S/C14H29N3S/c1-13(2,3)8-11-9-15-12(18-11)16-10-14(4,5)17(6)7/h11H,8-10H2,1-7H3,(H,15,16). The molecule has 1 aliphatic heterocycles. The summed E-state index contributed by atoms with van der Waals surface area (Å²) in [7, 11) is 4.24. The van der Waals surface area contributed by atoms with Crippen molar-refractivity contribution in [3.8, 4) is 0 Å². The summed E-state index contributed by atoms with van der Waals surface area (Å²) < 4.78 is 0. The molecule has 0 aromatic rings. The van der Waals surface area contributed by atoms with Gasteiger partial charge >= 0.3 is 0 Å². The number of hydrogen-bond acceptors (Lipinski definition) is 4. The van der Waals surface area contributed by atoms with Crippen LogP contribution in [0.1, 0.15) is 41.0 Å². The van der Waals surface area contributed by atoms with E-state index in [0.717, 1.165) is 18.3 Å². The van der Waals surface area contributed by atoms with E-state index in [1.165, 1.54) is 6.42 Å². The molecule has 1 rings (SSSR count). The van der Waals surface area contributed by atoms with Gasteiger partial charge in [-0.3, -0.25) is 4.99 Å². The van der Waals surface area contributed by atoms with Crippen LogP contribution in [0, 0.1) is 5.41 Å². The quantitative estimate of drug-likeness (QED) is 0.852. The molecule has 0 saturated heterocycles. The van der Waals surface area contributed by atoms with Crippen LogP contribution in [0.4, 0.5) is 0 Å². The summed E-state index contributed by atoms with van der Waals surface area (Å²) in [4.78, 5) is 6.86. The molecule has 0 aromatic carbocycles. The van der Waals surface area contributed by atoms with Gasteiger partial charge in [-0.15, -0.1) is 0 Å². The summed E-state index contributed by atoms with van der Waals surface area (Å²) in [6.45, 7) is 13.3. The molecule has 3 nitrogen and oxygen atoms in total. The van der Waals surface area contributed by atoms with Crippen molar-refractivity contribution in [2.24, 2.45) is 10.4 Å². The first-order valence-electron chi connectivity index (χ1n) is 6.72. The molecule has 0 spiro atoms. The Kier molecular flexibility index (Phi) is 5.13. The lowest BCUT2D eigenvalue weighted by Gasteiger charge is -2.32. The molecule has 18 heavy (non-hydrogen) atoms. The van der Waals surface area contributed by atoms with Crippen molar-refractivity contribution >= 4 is 16.9 Å². The molecular weight excluding hydrogens is 242 g/mol. The van der Waals surface area contributed by atoms with Crippen molar-refractivity contribution in [2.75, 3.05) is 27.2 Å². The zero-order chi connectivity index (χ0) is 14.0. The van der Waals surface area contributed by atoms with Crippen LogP contribution in [0.15, 0.2) is 4.99 Å². The largest absolute Gasteiger partial charge is 0.363 e. The second-order valence-electron chi connectivity index (χ2n) is 7.21. The van der Waals surface area contributed by atoms with Crippen molar-refractivity contribution in [2.45, 2.75) is 51.8 Å². The summed E-state index contributed by atoms with van der Waals surface area (Å²) in [5, 5.41) is 5.26. The number of nitrogens with one attached hydrogen (secondary N) is 1. The van der Waals surface area contributed by atoms with Gasteiger partial charge in [0.25, 0.3) is 0 Å². The summed E-state index contributed by atoms with van der Waals surface area (Å²) in [6, 6.07) is 0. The summed E-state index contributed by atoms with van der Waals surface area (Å²) >= 11 is 1.91. The van der Waals surface area contributed by atoms with E-state index in [1.54, 1.807) is 0 Å². The van der Waals surface area contributed by atoms with Crippen LogP contribution in [0.3, 0.4) is 0 Å². The fourth-order valence-corrected chi connectivity index (χ4v) is 3.11. The highest BCUT2D eigenvalue weighted by Crippen LogP contribution is 2.31. The second-order valence-corrected chi connectivity index (χ2v) is 8.50. The minimum absolute atomic E-state index is 0.158. The fourth-order valence-electron chi connectivity index (χ4n) is 1.75. The first-order chi connectivity index (χ1) is 8.10. The molecule has 4 heteroatoms. The van der Waals surface area contributed by atoms with Crippen molar-refractivity contribution in [3.05, 3.63) is 0 Å². The lowest BCUT2D eigenvalue weighted by molar-refractivity contribution is 0.198. The molecule has 1 unspecified atom stereocenters. The van der Waals surface area contributed by atoms with E-state index in [2.05, 4.69) is 63.9 Å². The third-order valence-corrected chi connectivity index (χ3v) is 4.59. The molecule has 0 aliphatic carbocycles. The Hall–Kier alpha value is -0.220. The zero-order valence-corrected chi connectivity index (χ0v) is 13.8. The fraction of sp³-hybridized carbons (Fsp3) is 0.929. The topological polar surface area (TPSA) is 27.6 Å². The van der Waals surface area contributed by atoms with E-state index in [0.29, 0.717) is 10.7 Å². The van der Waals surface area contributed by atoms with Gasteiger partial charge in [-0.2, -0.15) is 0 Å². The average Bonchev–Trinajstić information content (AvgIpc) is 2.60. The Morgan fingerprint density at radius 3 is 2.39 bits per heavy atom. The van der Waals surface area contributed by atoms with Crippen LogP contribution in [0.5, 0.6) is 0 Å². The molecule has 0 radical (unpaired) electrons. The molecule has 0 saturated carbocycles. The van der Waals surface area contributed by atoms with Gasteiger partial charge in [0.15, 0.2) is 5.17 Å². The normalized spacial score (nSPS) is 21.3. The third-order valence-electron chi connectivity index (χ3n) is 3.44. The van der Waals surface area contributed by atoms with Crippen LogP contribution in [-0.4, -0.2) is 48.0 Å². The van der Waals surface area contributed by atoms with E-state index in [4.69, 9.17) is 0 Å². The zero-order valence-electron chi connectivity index (χ0n) is 13.0. The minimum Gasteiger partial charge on any atom is -0.363 e. The molecule has 0 bridgehead atoms. The number of rotatable bonds is 4. The molecule has 1 atom stereocenters. The van der Waals surface area contributed by atoms with Crippen molar-refractivity contribution in [1.82, 2.24) is 10.2 Å². The average molecular weight is 271 g/mol. The highest BCUT2D eigenvalue weighted by atomic mass is 32.2. The highest BCUT2D eigenvalue weighted by molar-refractivity contribution is 8.14. The Bertz CT molecular complexity index is 303. The Balaban J connectivity index is 2.35. The second kappa shape index (κ2) is 5.83. The third kappa shape index (κ3) is 5.19. The number of hydrogen-bond donors (Lipinski definition) is 1. The number of thioether (sulfide) groups is 1. The molecule has 0 amide bonds. The Morgan fingerprint density at radius 2 is 1.89 bits per heavy atom. The van der Waals surface area contributed by atoms with Crippen LogP contribution < -0.4 is 5.32 Å². The van der Waals surface area contributed by atoms with Crippen molar-refractivity contribution in [1.29, 1.82) is 0 Å². The van der Waals surface area contributed by atoms with Crippen molar-refractivity contribution in [3.63, 3.8) is 0 Å². The van der Waals surface area contributed by atoms with Crippen LogP contribution in [0.25, 0.3) is 0 Å². The van der Waals surface area contributed by atoms with Gasteiger partial charge in [-0.25, -0.2) is 0 Å². The Morgan fingerprint density at radius 1 is 1.28 bits per heavy atom. The maximum absolute atomic E-state index is 4.61. The van der Waals surface area contributed by atoms with E-state index < -0.39 is 0 Å². The molecule has 1 aliphatic rings. The maximum atomic E-state index is 4.61. The van der Waals surface area contributed by atoms with E-state index >= 15 is 0 Å². The Labute approximate surface area is 117 Å². The smallest absolute Gasteiger partial charge is 0.156 e. The molecule has 106 valence electrons. The molecule has 1 N–H and O–H groups in total.